The summed E-state index contributed by atoms with van der Waals surface area (Å²) in [5.41, 5.74) is -1.44. The number of rotatable bonds is 4. The molecular weight excluding hydrogens is 270 g/mol. The van der Waals surface area contributed by atoms with E-state index in [4.69, 9.17) is 0 Å². The number of hydrogen-bond acceptors (Lipinski definition) is 1. The third kappa shape index (κ3) is 4.47. The molecule has 2 unspecified atom stereocenters. The molecule has 20 heavy (non-hydrogen) atoms. The molecule has 1 aliphatic rings. The second-order valence-electron chi connectivity index (χ2n) is 5.64. The predicted molar refractivity (Wildman–Crippen MR) is 72.9 cm³/mol. The number of halogens is 4. The van der Waals surface area contributed by atoms with Crippen molar-refractivity contribution in [1.29, 1.82) is 0 Å². The van der Waals surface area contributed by atoms with Crippen molar-refractivity contribution in [3.8, 4) is 0 Å². The fraction of sp³-hybridized carbons (Fsp3) is 0.600. The first-order valence-corrected chi connectivity index (χ1v) is 6.65. The summed E-state index contributed by atoms with van der Waals surface area (Å²) in [4.78, 5) is 1.86. The normalized spacial score (nSPS) is 26.1. The molecule has 1 aliphatic heterocycles. The van der Waals surface area contributed by atoms with Crippen LogP contribution in [-0.4, -0.2) is 30.7 Å². The zero-order valence-electron chi connectivity index (χ0n) is 11.9. The van der Waals surface area contributed by atoms with Gasteiger partial charge in [0.2, 0.25) is 0 Å². The van der Waals surface area contributed by atoms with E-state index in [9.17, 15) is 17.6 Å². The lowest BCUT2D eigenvalue weighted by Crippen LogP contribution is -2.40. The summed E-state index contributed by atoms with van der Waals surface area (Å²) in [6.45, 7) is 11.6. The van der Waals surface area contributed by atoms with Crippen molar-refractivity contribution in [2.24, 2.45) is 11.8 Å². The second-order valence-corrected chi connectivity index (χ2v) is 5.64. The molecule has 0 spiro atoms. The third-order valence-corrected chi connectivity index (χ3v) is 3.49. The van der Waals surface area contributed by atoms with E-state index >= 15 is 0 Å². The molecule has 0 N–H and O–H groups in total. The van der Waals surface area contributed by atoms with Gasteiger partial charge in [-0.1, -0.05) is 33.1 Å². The number of alkyl halides is 3. The van der Waals surface area contributed by atoms with Gasteiger partial charge < -0.3 is 0 Å². The highest BCUT2D eigenvalue weighted by Gasteiger charge is 2.36. The van der Waals surface area contributed by atoms with E-state index in [1.807, 2.05) is 4.90 Å². The first-order valence-electron chi connectivity index (χ1n) is 6.65. The van der Waals surface area contributed by atoms with Crippen molar-refractivity contribution in [1.82, 2.24) is 4.90 Å². The maximum atomic E-state index is 13.5. The molecule has 1 saturated heterocycles. The third-order valence-electron chi connectivity index (χ3n) is 3.49. The minimum atomic E-state index is -4.61. The Morgan fingerprint density at radius 3 is 2.10 bits per heavy atom. The predicted octanol–water partition coefficient (Wildman–Crippen LogP) is 4.49. The van der Waals surface area contributed by atoms with Crippen molar-refractivity contribution >= 4 is 0 Å². The molecule has 0 bridgehead atoms. The number of likely N-dealkylation sites (tertiary alicyclic amines) is 1. The highest BCUT2D eigenvalue weighted by Crippen LogP contribution is 2.33. The van der Waals surface area contributed by atoms with Gasteiger partial charge in [0, 0.05) is 25.2 Å². The van der Waals surface area contributed by atoms with Gasteiger partial charge in [-0.3, -0.25) is 4.90 Å². The van der Waals surface area contributed by atoms with Crippen molar-refractivity contribution in [3.63, 3.8) is 0 Å². The maximum Gasteiger partial charge on any atom is 0.416 e. The monoisotopic (exact) mass is 291 g/mol. The summed E-state index contributed by atoms with van der Waals surface area (Å²) in [6.07, 6.45) is -2.91. The number of hydrogen-bond donors (Lipinski definition) is 0. The van der Waals surface area contributed by atoms with Crippen molar-refractivity contribution in [2.75, 3.05) is 19.6 Å². The molecule has 0 aromatic heterocycles. The molecule has 0 amide bonds. The summed E-state index contributed by atoms with van der Waals surface area (Å²) < 4.78 is 52.1. The molecule has 1 rings (SSSR count). The van der Waals surface area contributed by atoms with E-state index in [-0.39, 0.29) is 6.54 Å². The molecular formula is C15H21F4N. The minimum Gasteiger partial charge on any atom is -0.298 e. The topological polar surface area (TPSA) is 3.24 Å². The van der Waals surface area contributed by atoms with Crippen molar-refractivity contribution < 1.29 is 17.6 Å². The minimum absolute atomic E-state index is 0.0785. The van der Waals surface area contributed by atoms with Crippen LogP contribution >= 0.6 is 0 Å². The van der Waals surface area contributed by atoms with E-state index in [0.29, 0.717) is 31.0 Å². The lowest BCUT2D eigenvalue weighted by atomic mass is 9.91. The lowest BCUT2D eigenvalue weighted by molar-refractivity contribution is -0.0892. The Labute approximate surface area is 117 Å². The Bertz CT molecular complexity index is 399. The molecule has 0 saturated carbocycles. The van der Waals surface area contributed by atoms with E-state index in [1.54, 1.807) is 0 Å². The van der Waals surface area contributed by atoms with Gasteiger partial charge in [-0.15, -0.1) is 0 Å². The molecule has 5 heteroatoms. The highest BCUT2D eigenvalue weighted by atomic mass is 19.4. The number of allylic oxidation sites excluding steroid dienone is 2. The van der Waals surface area contributed by atoms with E-state index in [1.165, 1.54) is 0 Å². The maximum absolute atomic E-state index is 13.5. The summed E-state index contributed by atoms with van der Waals surface area (Å²) in [5, 5.41) is 0. The Hall–Kier alpha value is -1.10. The largest absolute Gasteiger partial charge is 0.416 e. The van der Waals surface area contributed by atoms with E-state index in [2.05, 4.69) is 27.0 Å². The molecule has 0 aromatic carbocycles. The molecule has 0 radical (unpaired) electrons. The van der Waals surface area contributed by atoms with Crippen LogP contribution in [0.2, 0.25) is 0 Å². The average molecular weight is 291 g/mol. The van der Waals surface area contributed by atoms with Gasteiger partial charge in [-0.2, -0.15) is 13.2 Å². The molecule has 1 fully saturated rings. The van der Waals surface area contributed by atoms with Gasteiger partial charge in [0.1, 0.15) is 5.83 Å². The number of piperidine rings is 1. The molecule has 0 aliphatic carbocycles. The van der Waals surface area contributed by atoms with Crippen LogP contribution in [0.25, 0.3) is 0 Å². The SMILES string of the molecule is C=C/C(=C(/CN1CC(C)CC(C)C1)C(=C)F)C(F)(F)F. The van der Waals surface area contributed by atoms with Gasteiger partial charge >= 0.3 is 6.18 Å². The van der Waals surface area contributed by atoms with E-state index < -0.39 is 23.1 Å². The van der Waals surface area contributed by atoms with Gasteiger partial charge in [-0.05, 0) is 18.3 Å². The standard InChI is InChI=1S/C15H21F4N/c1-5-14(15(17,18)19)13(12(4)16)9-20-7-10(2)6-11(3)8-20/h5,10-11H,1,4,6-9H2,2-3H3/b14-13+. The Balaban J connectivity index is 3.01. The quantitative estimate of drug-likeness (QED) is 0.545. The van der Waals surface area contributed by atoms with Crippen LogP contribution < -0.4 is 0 Å². The van der Waals surface area contributed by atoms with Crippen molar-refractivity contribution in [3.05, 3.63) is 36.2 Å². The Morgan fingerprint density at radius 2 is 1.75 bits per heavy atom. The molecule has 114 valence electrons. The summed E-state index contributed by atoms with van der Waals surface area (Å²) in [5.74, 6) is -0.250. The van der Waals surface area contributed by atoms with Crippen LogP contribution in [0.3, 0.4) is 0 Å². The lowest BCUT2D eigenvalue weighted by Gasteiger charge is -2.35. The molecule has 1 heterocycles. The van der Waals surface area contributed by atoms with Gasteiger partial charge in [-0.25, -0.2) is 4.39 Å². The summed E-state index contributed by atoms with van der Waals surface area (Å²) >= 11 is 0. The summed E-state index contributed by atoms with van der Waals surface area (Å²) in [7, 11) is 0. The van der Waals surface area contributed by atoms with Gasteiger partial charge in [0.05, 0.1) is 5.57 Å². The zero-order valence-corrected chi connectivity index (χ0v) is 11.9. The van der Waals surface area contributed by atoms with Crippen LogP contribution in [0.1, 0.15) is 20.3 Å². The van der Waals surface area contributed by atoms with Crippen LogP contribution in [0.5, 0.6) is 0 Å². The van der Waals surface area contributed by atoms with Gasteiger partial charge in [0.15, 0.2) is 0 Å². The van der Waals surface area contributed by atoms with Crippen LogP contribution in [0.15, 0.2) is 36.2 Å². The van der Waals surface area contributed by atoms with Gasteiger partial charge in [0.25, 0.3) is 0 Å². The van der Waals surface area contributed by atoms with Crippen LogP contribution in [0, 0.1) is 11.8 Å². The van der Waals surface area contributed by atoms with Crippen LogP contribution in [0.4, 0.5) is 17.6 Å². The molecule has 2 atom stereocenters. The smallest absolute Gasteiger partial charge is 0.298 e. The fourth-order valence-corrected chi connectivity index (χ4v) is 2.87. The first kappa shape index (κ1) is 17.0. The first-order chi connectivity index (χ1) is 9.15. The van der Waals surface area contributed by atoms with Crippen LogP contribution in [-0.2, 0) is 0 Å². The average Bonchev–Trinajstić information content (AvgIpc) is 2.25. The highest BCUT2D eigenvalue weighted by molar-refractivity contribution is 5.39. The van der Waals surface area contributed by atoms with Crippen molar-refractivity contribution in [2.45, 2.75) is 26.4 Å². The second kappa shape index (κ2) is 6.57. The molecule has 1 nitrogen and oxygen atoms in total. The zero-order chi connectivity index (χ0) is 15.5. The summed E-state index contributed by atoms with van der Waals surface area (Å²) in [6, 6.07) is 0. The number of nitrogens with zero attached hydrogens (tertiary/aromatic N) is 1. The van der Waals surface area contributed by atoms with E-state index in [0.717, 1.165) is 6.42 Å². The Kier molecular flexibility index (Phi) is 5.57. The molecule has 0 aromatic rings. The Morgan fingerprint density at radius 1 is 1.25 bits per heavy atom. The fourth-order valence-electron chi connectivity index (χ4n) is 2.87.